The number of hydrogen-bond acceptors (Lipinski definition) is 10. The molecule has 1 aromatic heterocycles. The van der Waals surface area contributed by atoms with E-state index in [1.54, 1.807) is 11.3 Å². The lowest BCUT2D eigenvalue weighted by molar-refractivity contribution is -0.132. The van der Waals surface area contributed by atoms with E-state index in [4.69, 9.17) is 25.8 Å². The topological polar surface area (TPSA) is 126 Å². The summed E-state index contributed by atoms with van der Waals surface area (Å²) in [4.78, 5) is 48.7. The van der Waals surface area contributed by atoms with Crippen LogP contribution >= 0.6 is 22.9 Å². The number of unbranched alkanes of at least 4 members (excludes halogenated alkanes) is 1. The van der Waals surface area contributed by atoms with Gasteiger partial charge in [-0.15, -0.1) is 11.3 Å². The Balaban J connectivity index is 0.868. The second-order valence-corrected chi connectivity index (χ2v) is 16.2. The highest BCUT2D eigenvalue weighted by Gasteiger charge is 2.41. The molecular formula is C42H57ClN6O6S. The molecule has 3 aliphatic heterocycles. The highest BCUT2D eigenvalue weighted by atomic mass is 35.5. The quantitative estimate of drug-likeness (QED) is 0.149. The van der Waals surface area contributed by atoms with Gasteiger partial charge in [0.2, 0.25) is 5.91 Å². The lowest BCUT2D eigenvalue weighted by atomic mass is 9.89. The van der Waals surface area contributed by atoms with E-state index in [1.807, 2.05) is 46.4 Å². The van der Waals surface area contributed by atoms with Crippen molar-refractivity contribution in [1.29, 1.82) is 0 Å². The number of hydrogen-bond donors (Lipinski definition) is 2. The number of carbonyl (C=O) groups is 3. The van der Waals surface area contributed by atoms with Gasteiger partial charge in [-0.25, -0.2) is 4.98 Å². The van der Waals surface area contributed by atoms with Crippen LogP contribution in [-0.2, 0) is 44.9 Å². The SMILES string of the molecule is CCCCc1nc(C(=O)N2CCOC3(CCN(Cc4cccc(CCOCCC(=O)N(CC)CCNCCc5cccc6c5OCC(=O)N6)c4Cl)CC3)C2)cs1. The van der Waals surface area contributed by atoms with Crippen molar-refractivity contribution >= 4 is 46.3 Å². The number of morpholine rings is 1. The minimum absolute atomic E-state index is 0.0184. The predicted molar refractivity (Wildman–Crippen MR) is 220 cm³/mol. The number of para-hydroxylation sites is 1. The normalized spacial score (nSPS) is 16.7. The number of halogens is 1. The first-order valence-electron chi connectivity index (χ1n) is 20.2. The van der Waals surface area contributed by atoms with Crippen LogP contribution in [0.5, 0.6) is 5.75 Å². The molecule has 2 N–H and O–H groups in total. The van der Waals surface area contributed by atoms with E-state index >= 15 is 0 Å². The van der Waals surface area contributed by atoms with Gasteiger partial charge in [-0.3, -0.25) is 19.3 Å². The van der Waals surface area contributed by atoms with Crippen molar-refractivity contribution in [2.75, 3.05) is 84.1 Å². The van der Waals surface area contributed by atoms with Crippen LogP contribution in [0.4, 0.5) is 5.69 Å². The second kappa shape index (κ2) is 20.7. The monoisotopic (exact) mass is 808 g/mol. The number of amides is 3. The number of rotatable bonds is 19. The third kappa shape index (κ3) is 11.3. The van der Waals surface area contributed by atoms with Gasteiger partial charge in [0, 0.05) is 56.2 Å². The number of nitrogens with one attached hydrogen (secondary N) is 2. The number of aryl methyl sites for hydroxylation is 1. The van der Waals surface area contributed by atoms with E-state index in [0.29, 0.717) is 76.8 Å². The third-order valence-electron chi connectivity index (χ3n) is 10.9. The molecule has 14 heteroatoms. The molecule has 0 radical (unpaired) electrons. The molecular weight excluding hydrogens is 752 g/mol. The van der Waals surface area contributed by atoms with Crippen LogP contribution < -0.4 is 15.4 Å². The number of carbonyl (C=O) groups excluding carboxylic acids is 3. The van der Waals surface area contributed by atoms with Gasteiger partial charge in [0.05, 0.1) is 49.1 Å². The van der Waals surface area contributed by atoms with Gasteiger partial charge in [0.1, 0.15) is 11.4 Å². The first-order chi connectivity index (χ1) is 27.3. The minimum Gasteiger partial charge on any atom is -0.481 e. The molecule has 1 spiro atoms. The van der Waals surface area contributed by atoms with Gasteiger partial charge in [0.15, 0.2) is 6.61 Å². The van der Waals surface area contributed by atoms with E-state index in [1.165, 1.54) is 0 Å². The second-order valence-electron chi connectivity index (χ2n) is 14.9. The smallest absolute Gasteiger partial charge is 0.273 e. The van der Waals surface area contributed by atoms with Crippen molar-refractivity contribution in [3.63, 3.8) is 0 Å². The standard InChI is InChI=1S/C42H57ClN6O6S/c1-3-5-12-37-46-35(29-56-37)41(52)49-23-26-55-42(30-49)16-20-47(21-17-42)27-33-10-6-8-31(39(33)43)14-24-53-25-15-38(51)48(4-2)22-19-44-18-13-32-9-7-11-34-40(32)54-28-36(50)45-34/h6-11,29,44H,3-5,12-28,30H2,1-2H3,(H,45,50). The fraction of sp³-hybridized carbons (Fsp3) is 0.571. The van der Waals surface area contributed by atoms with E-state index in [9.17, 15) is 14.4 Å². The zero-order chi connectivity index (χ0) is 39.3. The van der Waals surface area contributed by atoms with Crippen LogP contribution in [0.2, 0.25) is 5.02 Å². The minimum atomic E-state index is -0.317. The largest absolute Gasteiger partial charge is 0.481 e. The number of piperidine rings is 1. The molecule has 2 saturated heterocycles. The summed E-state index contributed by atoms with van der Waals surface area (Å²) in [5.74, 6) is 0.694. The van der Waals surface area contributed by atoms with Gasteiger partial charge >= 0.3 is 0 Å². The fourth-order valence-corrected chi connectivity index (χ4v) is 8.73. The van der Waals surface area contributed by atoms with Crippen LogP contribution in [0.3, 0.4) is 0 Å². The predicted octanol–water partition coefficient (Wildman–Crippen LogP) is 5.61. The highest BCUT2D eigenvalue weighted by molar-refractivity contribution is 7.09. The molecule has 56 heavy (non-hydrogen) atoms. The maximum absolute atomic E-state index is 13.3. The summed E-state index contributed by atoms with van der Waals surface area (Å²) in [6.07, 6.45) is 6.62. The number of likely N-dealkylation sites (N-methyl/N-ethyl adjacent to an activating group) is 1. The molecule has 0 unspecified atom stereocenters. The molecule has 304 valence electrons. The summed E-state index contributed by atoms with van der Waals surface area (Å²) >= 11 is 8.52. The maximum atomic E-state index is 13.3. The summed E-state index contributed by atoms with van der Waals surface area (Å²) in [6, 6.07) is 12.0. The number of likely N-dealkylation sites (tertiary alicyclic amines) is 1. The average molecular weight is 809 g/mol. The van der Waals surface area contributed by atoms with Crippen LogP contribution in [0.1, 0.15) is 78.1 Å². The van der Waals surface area contributed by atoms with Crippen LogP contribution in [0, 0.1) is 0 Å². The third-order valence-corrected chi connectivity index (χ3v) is 12.3. The molecule has 3 aromatic rings. The van der Waals surface area contributed by atoms with E-state index in [-0.39, 0.29) is 29.9 Å². The van der Waals surface area contributed by atoms with Gasteiger partial charge < -0.3 is 34.6 Å². The Bertz CT molecular complexity index is 1780. The zero-order valence-electron chi connectivity index (χ0n) is 32.9. The number of ether oxygens (including phenoxy) is 3. The van der Waals surface area contributed by atoms with Crippen molar-refractivity contribution in [2.45, 2.75) is 77.4 Å². The molecule has 0 bridgehead atoms. The summed E-state index contributed by atoms with van der Waals surface area (Å²) in [6.45, 7) is 12.0. The maximum Gasteiger partial charge on any atom is 0.273 e. The van der Waals surface area contributed by atoms with Crippen LogP contribution in [-0.4, -0.2) is 122 Å². The number of nitrogens with zero attached hydrogens (tertiary/aromatic N) is 4. The van der Waals surface area contributed by atoms with Gasteiger partial charge in [-0.1, -0.05) is 55.3 Å². The van der Waals surface area contributed by atoms with E-state index in [0.717, 1.165) is 97.2 Å². The van der Waals surface area contributed by atoms with Crippen molar-refractivity contribution < 1.29 is 28.6 Å². The molecule has 12 nitrogen and oxygen atoms in total. The van der Waals surface area contributed by atoms with Crippen molar-refractivity contribution in [2.24, 2.45) is 0 Å². The van der Waals surface area contributed by atoms with Gasteiger partial charge in [-0.2, -0.15) is 0 Å². The summed E-state index contributed by atoms with van der Waals surface area (Å²) < 4.78 is 17.9. The molecule has 0 atom stereocenters. The van der Waals surface area contributed by atoms with Crippen molar-refractivity contribution in [1.82, 2.24) is 25.0 Å². The lowest BCUT2D eigenvalue weighted by Gasteiger charge is -2.47. The van der Waals surface area contributed by atoms with E-state index < -0.39 is 0 Å². The Labute approximate surface area is 340 Å². The number of anilines is 1. The molecule has 0 saturated carbocycles. The van der Waals surface area contributed by atoms with Crippen LogP contribution in [0.15, 0.2) is 41.8 Å². The molecule has 3 amide bonds. The average Bonchev–Trinajstić information content (AvgIpc) is 3.69. The first-order valence-corrected chi connectivity index (χ1v) is 21.5. The fourth-order valence-electron chi connectivity index (χ4n) is 7.64. The Kier molecular flexibility index (Phi) is 15.5. The summed E-state index contributed by atoms with van der Waals surface area (Å²) in [5, 5.41) is 10.00. The Morgan fingerprint density at radius 3 is 2.66 bits per heavy atom. The molecule has 3 aliphatic rings. The Morgan fingerprint density at radius 2 is 1.84 bits per heavy atom. The van der Waals surface area contributed by atoms with Gasteiger partial charge in [0.25, 0.3) is 11.8 Å². The molecule has 2 fully saturated rings. The lowest BCUT2D eigenvalue weighted by Crippen LogP contribution is -2.58. The zero-order valence-corrected chi connectivity index (χ0v) is 34.5. The summed E-state index contributed by atoms with van der Waals surface area (Å²) in [7, 11) is 0. The number of thiazole rings is 1. The Hall–Kier alpha value is -3.59. The van der Waals surface area contributed by atoms with Gasteiger partial charge in [-0.05, 0) is 74.8 Å². The molecule has 6 rings (SSSR count). The van der Waals surface area contributed by atoms with Crippen molar-refractivity contribution in [3.8, 4) is 5.75 Å². The molecule has 0 aliphatic carbocycles. The number of benzene rings is 2. The first kappa shape index (κ1) is 42.0. The van der Waals surface area contributed by atoms with Crippen LogP contribution in [0.25, 0.3) is 0 Å². The van der Waals surface area contributed by atoms with E-state index in [2.05, 4.69) is 39.6 Å². The summed E-state index contributed by atoms with van der Waals surface area (Å²) in [5.41, 5.74) is 4.14. The molecule has 4 heterocycles. The highest BCUT2D eigenvalue weighted by Crippen LogP contribution is 2.33. The number of fused-ring (bicyclic) bond motifs is 1. The molecule has 2 aromatic carbocycles. The Morgan fingerprint density at radius 1 is 1.04 bits per heavy atom. The van der Waals surface area contributed by atoms with Crippen molar-refractivity contribution in [3.05, 3.63) is 74.2 Å². The number of aromatic nitrogens is 1.